The number of rotatable bonds is 3. The molecule has 0 saturated carbocycles. The fourth-order valence-electron chi connectivity index (χ4n) is 1.43. The largest absolute Gasteiger partial charge is 0.478 e. The van der Waals surface area contributed by atoms with Gasteiger partial charge in [-0.2, -0.15) is 0 Å². The first-order chi connectivity index (χ1) is 8.97. The lowest BCUT2D eigenvalue weighted by Crippen LogP contribution is -2.14. The number of halogens is 2. The molecule has 7 heteroatoms. The fraction of sp³-hybridized carbons (Fsp3) is 0. The van der Waals surface area contributed by atoms with Gasteiger partial charge in [0.2, 0.25) is 0 Å². The Labute approximate surface area is 121 Å². The molecule has 0 atom stereocenters. The molecule has 2 rings (SSSR count). The van der Waals surface area contributed by atoms with Crippen molar-refractivity contribution in [2.75, 3.05) is 5.32 Å². The number of furan rings is 1. The number of anilines is 1. The Kier molecular flexibility index (Phi) is 3.92. The Morgan fingerprint density at radius 2 is 2.00 bits per heavy atom. The number of hydrogen-bond donors (Lipinski definition) is 2. The summed E-state index contributed by atoms with van der Waals surface area (Å²) in [6.45, 7) is 0. The molecular formula is C12H7BrClNO4. The molecule has 0 unspecified atom stereocenters. The molecule has 19 heavy (non-hydrogen) atoms. The summed E-state index contributed by atoms with van der Waals surface area (Å²) in [7, 11) is 0. The Bertz CT molecular complexity index is 653. The molecule has 1 heterocycles. The summed E-state index contributed by atoms with van der Waals surface area (Å²) >= 11 is 8.77. The van der Waals surface area contributed by atoms with E-state index in [1.807, 2.05) is 0 Å². The van der Waals surface area contributed by atoms with E-state index in [9.17, 15) is 9.59 Å². The number of amides is 1. The predicted octanol–water partition coefficient (Wildman–Crippen LogP) is 3.65. The molecule has 0 aliphatic heterocycles. The van der Waals surface area contributed by atoms with Crippen LogP contribution in [0.15, 0.2) is 39.2 Å². The Morgan fingerprint density at radius 1 is 1.26 bits per heavy atom. The fourth-order valence-corrected chi connectivity index (χ4v) is 1.93. The average molecular weight is 345 g/mol. The second-order valence-corrected chi connectivity index (χ2v) is 4.84. The molecule has 0 spiro atoms. The van der Waals surface area contributed by atoms with E-state index >= 15 is 0 Å². The minimum absolute atomic E-state index is 0.00122. The molecule has 0 fully saturated rings. The van der Waals surface area contributed by atoms with Crippen molar-refractivity contribution in [2.24, 2.45) is 0 Å². The van der Waals surface area contributed by atoms with Crippen LogP contribution in [0.5, 0.6) is 0 Å². The van der Waals surface area contributed by atoms with Gasteiger partial charge in [-0.15, -0.1) is 0 Å². The topological polar surface area (TPSA) is 79.5 Å². The van der Waals surface area contributed by atoms with Crippen LogP contribution in [0.3, 0.4) is 0 Å². The minimum Gasteiger partial charge on any atom is -0.478 e. The molecule has 2 aromatic rings. The molecule has 0 bridgehead atoms. The van der Waals surface area contributed by atoms with Crippen LogP contribution in [0.1, 0.15) is 20.9 Å². The zero-order chi connectivity index (χ0) is 14.0. The van der Waals surface area contributed by atoms with Crippen molar-refractivity contribution < 1.29 is 19.1 Å². The standard InChI is InChI=1S/C12H7BrClNO4/c13-6-1-2-7(12(17)18)8(5-6)15-11(16)9-3-4-10(14)19-9/h1-5H,(H,15,16)(H,17,18). The zero-order valence-corrected chi connectivity index (χ0v) is 11.7. The predicted molar refractivity (Wildman–Crippen MR) is 72.8 cm³/mol. The summed E-state index contributed by atoms with van der Waals surface area (Å²) in [5, 5.41) is 11.6. The molecule has 1 aromatic carbocycles. The number of carbonyl (C=O) groups is 2. The second-order valence-electron chi connectivity index (χ2n) is 3.55. The van der Waals surface area contributed by atoms with Gasteiger partial charge in [0.1, 0.15) is 0 Å². The van der Waals surface area contributed by atoms with Gasteiger partial charge in [-0.05, 0) is 41.9 Å². The second kappa shape index (κ2) is 5.46. The highest BCUT2D eigenvalue weighted by atomic mass is 79.9. The summed E-state index contributed by atoms with van der Waals surface area (Å²) in [6.07, 6.45) is 0. The third-order valence-electron chi connectivity index (χ3n) is 2.26. The van der Waals surface area contributed by atoms with E-state index in [-0.39, 0.29) is 22.2 Å². The monoisotopic (exact) mass is 343 g/mol. The van der Waals surface area contributed by atoms with E-state index < -0.39 is 11.9 Å². The SMILES string of the molecule is O=C(Nc1cc(Br)ccc1C(=O)O)c1ccc(Cl)o1. The van der Waals surface area contributed by atoms with Gasteiger partial charge in [-0.25, -0.2) is 4.79 Å². The highest BCUT2D eigenvalue weighted by Gasteiger charge is 2.16. The highest BCUT2D eigenvalue weighted by Crippen LogP contribution is 2.23. The van der Waals surface area contributed by atoms with Crippen molar-refractivity contribution >= 4 is 45.1 Å². The van der Waals surface area contributed by atoms with E-state index in [0.717, 1.165) is 0 Å². The molecule has 2 N–H and O–H groups in total. The third kappa shape index (κ3) is 3.15. The minimum atomic E-state index is -1.14. The van der Waals surface area contributed by atoms with Crippen LogP contribution in [0.4, 0.5) is 5.69 Å². The number of aromatic carboxylic acids is 1. The zero-order valence-electron chi connectivity index (χ0n) is 9.31. The van der Waals surface area contributed by atoms with Crippen LogP contribution in [0, 0.1) is 0 Å². The smallest absolute Gasteiger partial charge is 0.337 e. The van der Waals surface area contributed by atoms with Crippen LogP contribution < -0.4 is 5.32 Å². The van der Waals surface area contributed by atoms with Crippen molar-refractivity contribution in [1.29, 1.82) is 0 Å². The van der Waals surface area contributed by atoms with Gasteiger partial charge in [0.05, 0.1) is 11.3 Å². The van der Waals surface area contributed by atoms with E-state index in [1.165, 1.54) is 24.3 Å². The Balaban J connectivity index is 2.30. The first-order valence-electron chi connectivity index (χ1n) is 5.07. The van der Waals surface area contributed by atoms with E-state index in [4.69, 9.17) is 21.1 Å². The highest BCUT2D eigenvalue weighted by molar-refractivity contribution is 9.10. The van der Waals surface area contributed by atoms with Gasteiger partial charge in [-0.3, -0.25) is 4.79 Å². The van der Waals surface area contributed by atoms with Gasteiger partial charge in [0.25, 0.3) is 5.91 Å². The molecule has 0 saturated heterocycles. The maximum Gasteiger partial charge on any atom is 0.337 e. The number of carboxylic acids is 1. The number of hydrogen-bond acceptors (Lipinski definition) is 3. The van der Waals surface area contributed by atoms with Crippen LogP contribution in [0.25, 0.3) is 0 Å². The normalized spacial score (nSPS) is 10.2. The van der Waals surface area contributed by atoms with Gasteiger partial charge >= 0.3 is 5.97 Å². The molecule has 0 aliphatic rings. The summed E-state index contributed by atoms with van der Waals surface area (Å²) in [6, 6.07) is 7.28. The molecule has 0 radical (unpaired) electrons. The lowest BCUT2D eigenvalue weighted by molar-refractivity contribution is 0.0698. The van der Waals surface area contributed by atoms with E-state index in [1.54, 1.807) is 6.07 Å². The van der Waals surface area contributed by atoms with Crippen LogP contribution in [-0.4, -0.2) is 17.0 Å². The maximum atomic E-state index is 11.8. The Morgan fingerprint density at radius 3 is 2.58 bits per heavy atom. The van der Waals surface area contributed by atoms with Crippen LogP contribution >= 0.6 is 27.5 Å². The summed E-state index contributed by atoms with van der Waals surface area (Å²) in [5.74, 6) is -1.71. The van der Waals surface area contributed by atoms with Gasteiger partial charge in [-0.1, -0.05) is 15.9 Å². The molecule has 0 aliphatic carbocycles. The first-order valence-corrected chi connectivity index (χ1v) is 6.24. The van der Waals surface area contributed by atoms with Crippen molar-refractivity contribution in [2.45, 2.75) is 0 Å². The van der Waals surface area contributed by atoms with E-state index in [0.29, 0.717) is 4.47 Å². The lowest BCUT2D eigenvalue weighted by Gasteiger charge is -2.07. The molecule has 1 aromatic heterocycles. The quantitative estimate of drug-likeness (QED) is 0.891. The number of carboxylic acid groups (broad SMARTS) is 1. The van der Waals surface area contributed by atoms with Crippen molar-refractivity contribution in [3.63, 3.8) is 0 Å². The van der Waals surface area contributed by atoms with Gasteiger partial charge in [0.15, 0.2) is 11.0 Å². The number of nitrogens with one attached hydrogen (secondary N) is 1. The van der Waals surface area contributed by atoms with Crippen LogP contribution in [0.2, 0.25) is 5.22 Å². The summed E-state index contributed by atoms with van der Waals surface area (Å²) < 4.78 is 5.59. The maximum absolute atomic E-state index is 11.8. The lowest BCUT2D eigenvalue weighted by atomic mass is 10.2. The van der Waals surface area contributed by atoms with Crippen molar-refractivity contribution in [3.05, 3.63) is 51.3 Å². The van der Waals surface area contributed by atoms with Gasteiger partial charge in [0, 0.05) is 4.47 Å². The molecule has 98 valence electrons. The van der Waals surface area contributed by atoms with Crippen molar-refractivity contribution in [1.82, 2.24) is 0 Å². The number of benzene rings is 1. The third-order valence-corrected chi connectivity index (χ3v) is 2.95. The summed E-state index contributed by atoms with van der Waals surface area (Å²) in [5.41, 5.74) is 0.147. The van der Waals surface area contributed by atoms with Crippen molar-refractivity contribution in [3.8, 4) is 0 Å². The molecule has 5 nitrogen and oxygen atoms in total. The summed E-state index contributed by atoms with van der Waals surface area (Å²) in [4.78, 5) is 22.9. The molecular weight excluding hydrogens is 337 g/mol. The van der Waals surface area contributed by atoms with Crippen LogP contribution in [-0.2, 0) is 0 Å². The molecule has 1 amide bonds. The average Bonchev–Trinajstić information content (AvgIpc) is 2.75. The van der Waals surface area contributed by atoms with E-state index in [2.05, 4.69) is 21.2 Å². The van der Waals surface area contributed by atoms with Gasteiger partial charge < -0.3 is 14.8 Å². The number of carbonyl (C=O) groups excluding carboxylic acids is 1. The Hall–Kier alpha value is -1.79. The first kappa shape index (κ1) is 13.6.